The molecule has 0 amide bonds. The van der Waals surface area contributed by atoms with Crippen LogP contribution in [0.2, 0.25) is 0 Å². The zero-order valence-electron chi connectivity index (χ0n) is 12.7. The highest BCUT2D eigenvalue weighted by atomic mass is 16.5. The van der Waals surface area contributed by atoms with Gasteiger partial charge in [0.25, 0.3) is 0 Å². The minimum Gasteiger partial charge on any atom is -0.507 e. The van der Waals surface area contributed by atoms with E-state index in [1.807, 2.05) is 30.3 Å². The number of aromatic hydroxyl groups is 1. The van der Waals surface area contributed by atoms with Gasteiger partial charge in [0.15, 0.2) is 0 Å². The van der Waals surface area contributed by atoms with Crippen molar-refractivity contribution in [3.63, 3.8) is 0 Å². The van der Waals surface area contributed by atoms with E-state index in [0.29, 0.717) is 35.4 Å². The van der Waals surface area contributed by atoms with E-state index >= 15 is 0 Å². The van der Waals surface area contributed by atoms with Crippen LogP contribution in [0.25, 0.3) is 11.0 Å². The number of hydrogen-bond donors (Lipinski definition) is 2. The second kappa shape index (κ2) is 6.44. The number of fused-ring (bicyclic) bond motifs is 1. The van der Waals surface area contributed by atoms with E-state index in [-0.39, 0.29) is 5.75 Å². The van der Waals surface area contributed by atoms with Crippen molar-refractivity contribution in [2.24, 2.45) is 0 Å². The lowest BCUT2D eigenvalue weighted by molar-refractivity contribution is 0.330. The Labute approximate surface area is 133 Å². The van der Waals surface area contributed by atoms with Gasteiger partial charge in [-0.2, -0.15) is 0 Å². The van der Waals surface area contributed by atoms with E-state index < -0.39 is 5.63 Å². The highest BCUT2D eigenvalue weighted by Gasteiger charge is 2.11. The van der Waals surface area contributed by atoms with Gasteiger partial charge in [0, 0.05) is 17.8 Å². The lowest BCUT2D eigenvalue weighted by Crippen LogP contribution is -2.12. The maximum absolute atomic E-state index is 11.4. The molecule has 0 saturated heterocycles. The van der Waals surface area contributed by atoms with Gasteiger partial charge in [0.1, 0.15) is 23.7 Å². The van der Waals surface area contributed by atoms with Crippen LogP contribution in [0.1, 0.15) is 5.56 Å². The SMILES string of the molecule is Cc1c(OCCNc2ccccc2)ccc2c(O)cc(=O)oc12. The molecule has 5 nitrogen and oxygen atoms in total. The Morgan fingerprint density at radius 3 is 2.74 bits per heavy atom. The van der Waals surface area contributed by atoms with Crippen molar-refractivity contribution in [1.29, 1.82) is 0 Å². The molecule has 118 valence electrons. The standard InChI is InChI=1S/C18H17NO4/c1-12-16(22-10-9-19-13-5-3-2-4-6-13)8-7-14-15(20)11-17(21)23-18(12)14/h2-8,11,19-20H,9-10H2,1H3. The third-order valence-corrected chi connectivity index (χ3v) is 3.55. The lowest BCUT2D eigenvalue weighted by atomic mass is 10.1. The van der Waals surface area contributed by atoms with Crippen molar-refractivity contribution < 1.29 is 14.3 Å². The van der Waals surface area contributed by atoms with E-state index in [4.69, 9.17) is 9.15 Å². The highest BCUT2D eigenvalue weighted by molar-refractivity contribution is 5.86. The number of aryl methyl sites for hydroxylation is 1. The van der Waals surface area contributed by atoms with Gasteiger partial charge in [0.05, 0.1) is 11.5 Å². The largest absolute Gasteiger partial charge is 0.507 e. The Hall–Kier alpha value is -2.95. The average Bonchev–Trinajstić information content (AvgIpc) is 2.55. The van der Waals surface area contributed by atoms with Crippen LogP contribution in [0, 0.1) is 6.92 Å². The number of nitrogens with one attached hydrogen (secondary N) is 1. The fourth-order valence-corrected chi connectivity index (χ4v) is 2.39. The summed E-state index contributed by atoms with van der Waals surface area (Å²) in [5, 5.41) is 13.5. The van der Waals surface area contributed by atoms with Crippen LogP contribution in [0.15, 0.2) is 57.7 Å². The highest BCUT2D eigenvalue weighted by Crippen LogP contribution is 2.30. The molecule has 3 rings (SSSR count). The van der Waals surface area contributed by atoms with E-state index in [2.05, 4.69) is 5.32 Å². The maximum Gasteiger partial charge on any atom is 0.339 e. The number of hydrogen-bond acceptors (Lipinski definition) is 5. The summed E-state index contributed by atoms with van der Waals surface area (Å²) in [6.07, 6.45) is 0. The molecular formula is C18H17NO4. The Balaban J connectivity index is 1.71. The molecule has 0 aliphatic carbocycles. The van der Waals surface area contributed by atoms with Crippen molar-refractivity contribution >= 4 is 16.7 Å². The first-order chi connectivity index (χ1) is 11.1. The predicted molar refractivity (Wildman–Crippen MR) is 89.3 cm³/mol. The monoisotopic (exact) mass is 311 g/mol. The molecule has 0 radical (unpaired) electrons. The molecule has 3 aromatic rings. The third kappa shape index (κ3) is 3.29. The van der Waals surface area contributed by atoms with Crippen LogP contribution in [0.5, 0.6) is 11.5 Å². The van der Waals surface area contributed by atoms with Crippen LogP contribution in [0.4, 0.5) is 5.69 Å². The first-order valence-corrected chi connectivity index (χ1v) is 7.33. The zero-order valence-corrected chi connectivity index (χ0v) is 12.7. The molecule has 1 heterocycles. The number of benzene rings is 2. The van der Waals surface area contributed by atoms with Crippen LogP contribution >= 0.6 is 0 Å². The molecule has 0 saturated carbocycles. The van der Waals surface area contributed by atoms with Crippen molar-refractivity contribution in [2.45, 2.75) is 6.92 Å². The molecule has 0 spiro atoms. The quantitative estimate of drug-likeness (QED) is 0.559. The van der Waals surface area contributed by atoms with Gasteiger partial charge in [-0.1, -0.05) is 18.2 Å². The fourth-order valence-electron chi connectivity index (χ4n) is 2.39. The predicted octanol–water partition coefficient (Wildman–Crippen LogP) is 3.30. The van der Waals surface area contributed by atoms with Crippen LogP contribution in [0.3, 0.4) is 0 Å². The topological polar surface area (TPSA) is 71.7 Å². The minimum atomic E-state index is -0.582. The Morgan fingerprint density at radius 1 is 1.17 bits per heavy atom. The Kier molecular flexibility index (Phi) is 4.19. The second-order valence-electron chi connectivity index (χ2n) is 5.16. The molecule has 23 heavy (non-hydrogen) atoms. The number of rotatable bonds is 5. The van der Waals surface area contributed by atoms with Crippen LogP contribution in [-0.4, -0.2) is 18.3 Å². The third-order valence-electron chi connectivity index (χ3n) is 3.55. The van der Waals surface area contributed by atoms with Crippen LogP contribution in [-0.2, 0) is 0 Å². The van der Waals surface area contributed by atoms with Crippen molar-refractivity contribution in [3.8, 4) is 11.5 Å². The van der Waals surface area contributed by atoms with E-state index in [1.54, 1.807) is 19.1 Å². The van der Waals surface area contributed by atoms with Crippen molar-refractivity contribution in [1.82, 2.24) is 0 Å². The van der Waals surface area contributed by atoms with Gasteiger partial charge in [0.2, 0.25) is 0 Å². The normalized spacial score (nSPS) is 10.7. The van der Waals surface area contributed by atoms with E-state index in [1.165, 1.54) is 0 Å². The Morgan fingerprint density at radius 2 is 1.96 bits per heavy atom. The molecule has 0 atom stereocenters. The number of ether oxygens (including phenoxy) is 1. The van der Waals surface area contributed by atoms with Crippen LogP contribution < -0.4 is 15.7 Å². The summed E-state index contributed by atoms with van der Waals surface area (Å²) < 4.78 is 10.9. The average molecular weight is 311 g/mol. The summed E-state index contributed by atoms with van der Waals surface area (Å²) >= 11 is 0. The summed E-state index contributed by atoms with van der Waals surface area (Å²) in [4.78, 5) is 11.4. The fraction of sp³-hybridized carbons (Fsp3) is 0.167. The molecule has 2 aromatic carbocycles. The second-order valence-corrected chi connectivity index (χ2v) is 5.16. The molecule has 0 aliphatic rings. The van der Waals surface area contributed by atoms with Gasteiger partial charge >= 0.3 is 5.63 Å². The van der Waals surface area contributed by atoms with Gasteiger partial charge < -0.3 is 19.6 Å². The first kappa shape index (κ1) is 15.0. The summed E-state index contributed by atoms with van der Waals surface area (Å²) in [7, 11) is 0. The van der Waals surface area contributed by atoms with Crippen molar-refractivity contribution in [2.75, 3.05) is 18.5 Å². The Bertz CT molecular complexity index is 871. The van der Waals surface area contributed by atoms with Crippen molar-refractivity contribution in [3.05, 3.63) is 64.5 Å². The maximum atomic E-state index is 11.4. The van der Waals surface area contributed by atoms with Gasteiger partial charge in [-0.05, 0) is 31.2 Å². The van der Waals surface area contributed by atoms with Gasteiger partial charge in [-0.3, -0.25) is 0 Å². The minimum absolute atomic E-state index is 0.0864. The molecule has 0 aliphatic heterocycles. The molecule has 0 fully saturated rings. The molecule has 0 bridgehead atoms. The number of para-hydroxylation sites is 1. The smallest absolute Gasteiger partial charge is 0.339 e. The lowest BCUT2D eigenvalue weighted by Gasteiger charge is -2.12. The summed E-state index contributed by atoms with van der Waals surface area (Å²) in [6.45, 7) is 2.90. The molecule has 1 aromatic heterocycles. The molecule has 5 heteroatoms. The van der Waals surface area contributed by atoms with E-state index in [0.717, 1.165) is 11.8 Å². The molecule has 0 unspecified atom stereocenters. The van der Waals surface area contributed by atoms with Gasteiger partial charge in [-0.15, -0.1) is 0 Å². The molecule has 2 N–H and O–H groups in total. The molecular weight excluding hydrogens is 294 g/mol. The summed E-state index contributed by atoms with van der Waals surface area (Å²) in [5.74, 6) is 0.540. The van der Waals surface area contributed by atoms with Gasteiger partial charge in [-0.25, -0.2) is 4.79 Å². The van der Waals surface area contributed by atoms with E-state index in [9.17, 15) is 9.90 Å². The summed E-state index contributed by atoms with van der Waals surface area (Å²) in [6, 6.07) is 14.4. The first-order valence-electron chi connectivity index (χ1n) is 7.33. The summed E-state index contributed by atoms with van der Waals surface area (Å²) in [5.41, 5.74) is 1.49. The zero-order chi connectivity index (χ0) is 16.2. The number of anilines is 1.